The molecule has 0 saturated carbocycles. The number of carboxylic acids is 1. The summed E-state index contributed by atoms with van der Waals surface area (Å²) in [7, 11) is 0. The molecule has 1 unspecified atom stereocenters. The van der Waals surface area contributed by atoms with Crippen molar-refractivity contribution in [3.8, 4) is 0 Å². The maximum absolute atomic E-state index is 13.3. The summed E-state index contributed by atoms with van der Waals surface area (Å²) in [6.07, 6.45) is 10.3. The number of aliphatic carboxylic acids is 1. The molecule has 0 aliphatic heterocycles. The summed E-state index contributed by atoms with van der Waals surface area (Å²) in [5, 5.41) is 9.35. The van der Waals surface area contributed by atoms with Gasteiger partial charge in [-0.15, -0.1) is 0 Å². The number of hydrogen-bond acceptors (Lipinski definition) is 4. The van der Waals surface area contributed by atoms with Gasteiger partial charge in [0, 0.05) is 6.42 Å². The van der Waals surface area contributed by atoms with E-state index in [0.717, 1.165) is 36.0 Å². The summed E-state index contributed by atoms with van der Waals surface area (Å²) in [5.41, 5.74) is 1.05. The molecule has 1 atom stereocenters. The normalized spacial score (nSPS) is 12.5. The molecule has 1 N–H and O–H groups in total. The number of carbonyl (C=O) groups is 2. The van der Waals surface area contributed by atoms with E-state index < -0.39 is 29.2 Å². The highest BCUT2D eigenvalue weighted by molar-refractivity contribution is 5.73. The van der Waals surface area contributed by atoms with Crippen molar-refractivity contribution >= 4 is 11.9 Å². The summed E-state index contributed by atoms with van der Waals surface area (Å²) in [6, 6.07) is 30.2. The molecule has 0 saturated heterocycles. The Hall–Kier alpha value is -3.44. The predicted molar refractivity (Wildman–Crippen MR) is 173 cm³/mol. The minimum atomic E-state index is -1.02. The summed E-state index contributed by atoms with van der Waals surface area (Å²) in [4.78, 5) is 24.7. The Morgan fingerprint density at radius 2 is 1.07 bits per heavy atom. The van der Waals surface area contributed by atoms with Crippen LogP contribution in [0, 0.1) is 5.41 Å². The monoisotopic (exact) mass is 586 g/mol. The van der Waals surface area contributed by atoms with Crippen LogP contribution in [0.2, 0.25) is 0 Å². The van der Waals surface area contributed by atoms with Crippen LogP contribution in [0.15, 0.2) is 91.0 Å². The van der Waals surface area contributed by atoms with Crippen molar-refractivity contribution in [2.45, 2.75) is 110 Å². The summed E-state index contributed by atoms with van der Waals surface area (Å²) in [5.74, 6) is -1.38. The number of unbranched alkanes of at least 4 members (excludes halogenated alkanes) is 8. The van der Waals surface area contributed by atoms with Crippen LogP contribution in [0.5, 0.6) is 0 Å². The molecule has 0 amide bonds. The number of rotatable bonds is 20. The first kappa shape index (κ1) is 34.1. The van der Waals surface area contributed by atoms with Crippen LogP contribution in [0.1, 0.15) is 115 Å². The van der Waals surface area contributed by atoms with Crippen molar-refractivity contribution in [2.75, 3.05) is 0 Å². The molecule has 0 aliphatic rings. The van der Waals surface area contributed by atoms with Gasteiger partial charge < -0.3 is 14.6 Å². The zero-order valence-electron chi connectivity index (χ0n) is 26.3. The van der Waals surface area contributed by atoms with Gasteiger partial charge in [0.15, 0.2) is 0 Å². The molecule has 3 aromatic carbocycles. The van der Waals surface area contributed by atoms with Crippen molar-refractivity contribution in [2.24, 2.45) is 5.41 Å². The zero-order chi connectivity index (χ0) is 31.0. The van der Waals surface area contributed by atoms with E-state index in [1.165, 1.54) is 38.5 Å². The number of carbonyl (C=O) groups excluding carboxylic acids is 1. The van der Waals surface area contributed by atoms with E-state index in [9.17, 15) is 14.7 Å². The predicted octanol–water partition coefficient (Wildman–Crippen LogP) is 9.68. The number of ether oxygens (including phenoxy) is 2. The Balaban J connectivity index is 1.89. The van der Waals surface area contributed by atoms with Crippen LogP contribution >= 0.6 is 0 Å². The van der Waals surface area contributed by atoms with Crippen molar-refractivity contribution in [3.63, 3.8) is 0 Å². The zero-order valence-corrected chi connectivity index (χ0v) is 26.3. The second-order valence-corrected chi connectivity index (χ2v) is 12.3. The number of benzene rings is 3. The average molecular weight is 587 g/mol. The third kappa shape index (κ3) is 11.0. The second kappa shape index (κ2) is 17.6. The van der Waals surface area contributed by atoms with Crippen LogP contribution < -0.4 is 0 Å². The van der Waals surface area contributed by atoms with Crippen LogP contribution in [0.25, 0.3) is 0 Å². The lowest BCUT2D eigenvalue weighted by molar-refractivity contribution is -0.204. The third-order valence-electron chi connectivity index (χ3n) is 7.91. The molecule has 0 radical (unpaired) electrons. The van der Waals surface area contributed by atoms with Crippen LogP contribution in [0.3, 0.4) is 0 Å². The fourth-order valence-corrected chi connectivity index (χ4v) is 5.73. The maximum Gasteiger partial charge on any atom is 0.308 e. The molecule has 0 bridgehead atoms. The molecule has 5 nitrogen and oxygen atoms in total. The summed E-state index contributed by atoms with van der Waals surface area (Å²) in [6.45, 7) is 5.79. The first-order chi connectivity index (χ1) is 20.8. The second-order valence-electron chi connectivity index (χ2n) is 12.3. The number of esters is 1. The van der Waals surface area contributed by atoms with Gasteiger partial charge in [-0.2, -0.15) is 0 Å². The standard InChI is InChI=1S/C38H50O5/c1-4-5-6-7-8-9-10-11-21-28-36(42-35(41)30-37(2,3)29-34(39)40)43-38(31-22-15-12-16-23-31,32-24-17-13-18-25-32)33-26-19-14-20-27-33/h12-20,22-27,36H,4-11,21,28-30H2,1-3H3,(H,39,40). The molecular formula is C38H50O5. The molecule has 0 fully saturated rings. The Bertz CT molecular complexity index is 1110. The fraction of sp³-hybridized carbons (Fsp3) is 0.474. The number of carboxylic acid groups (broad SMARTS) is 1. The molecule has 0 spiro atoms. The van der Waals surface area contributed by atoms with E-state index in [4.69, 9.17) is 9.47 Å². The fourth-order valence-electron chi connectivity index (χ4n) is 5.73. The van der Waals surface area contributed by atoms with E-state index in [0.29, 0.717) is 6.42 Å². The van der Waals surface area contributed by atoms with Crippen molar-refractivity contribution in [1.29, 1.82) is 0 Å². The highest BCUT2D eigenvalue weighted by atomic mass is 16.7. The van der Waals surface area contributed by atoms with Crippen molar-refractivity contribution < 1.29 is 24.2 Å². The SMILES string of the molecule is CCCCCCCCCCCC(OC(=O)CC(C)(C)CC(=O)O)OC(c1ccccc1)(c1ccccc1)c1ccccc1. The Morgan fingerprint density at radius 1 is 0.651 bits per heavy atom. The lowest BCUT2D eigenvalue weighted by Crippen LogP contribution is -2.39. The quantitative estimate of drug-likeness (QED) is 0.0617. The molecule has 43 heavy (non-hydrogen) atoms. The van der Waals surface area contributed by atoms with E-state index in [1.54, 1.807) is 13.8 Å². The molecule has 0 aliphatic carbocycles. The minimum Gasteiger partial charge on any atom is -0.481 e. The van der Waals surface area contributed by atoms with Gasteiger partial charge in [-0.05, 0) is 28.5 Å². The van der Waals surface area contributed by atoms with E-state index in [-0.39, 0.29) is 12.8 Å². The molecule has 3 aromatic rings. The van der Waals surface area contributed by atoms with E-state index in [2.05, 4.69) is 6.92 Å². The van der Waals surface area contributed by atoms with Crippen LogP contribution in [-0.2, 0) is 24.7 Å². The largest absolute Gasteiger partial charge is 0.481 e. The Labute approximate surface area is 258 Å². The first-order valence-corrected chi connectivity index (χ1v) is 16.0. The van der Waals surface area contributed by atoms with Crippen LogP contribution in [-0.4, -0.2) is 23.3 Å². The molecule has 232 valence electrons. The average Bonchev–Trinajstić information content (AvgIpc) is 2.99. The Morgan fingerprint density at radius 3 is 1.49 bits per heavy atom. The van der Waals surface area contributed by atoms with Gasteiger partial charge in [-0.3, -0.25) is 9.59 Å². The van der Waals surface area contributed by atoms with Gasteiger partial charge in [0.2, 0.25) is 6.29 Å². The highest BCUT2D eigenvalue weighted by Crippen LogP contribution is 2.42. The van der Waals surface area contributed by atoms with E-state index in [1.807, 2.05) is 91.0 Å². The van der Waals surface area contributed by atoms with Gasteiger partial charge in [0.1, 0.15) is 5.60 Å². The van der Waals surface area contributed by atoms with Crippen molar-refractivity contribution in [1.82, 2.24) is 0 Å². The van der Waals surface area contributed by atoms with Gasteiger partial charge in [-0.1, -0.05) is 163 Å². The minimum absolute atomic E-state index is 0.00801. The lowest BCUT2D eigenvalue weighted by atomic mass is 9.80. The maximum atomic E-state index is 13.3. The topological polar surface area (TPSA) is 72.8 Å². The van der Waals surface area contributed by atoms with Gasteiger partial charge in [0.25, 0.3) is 0 Å². The molecular weight excluding hydrogens is 536 g/mol. The van der Waals surface area contributed by atoms with Crippen molar-refractivity contribution in [3.05, 3.63) is 108 Å². The lowest BCUT2D eigenvalue weighted by Gasteiger charge is -2.38. The number of hydrogen-bond donors (Lipinski definition) is 1. The molecule has 5 heteroatoms. The van der Waals surface area contributed by atoms with Crippen LogP contribution in [0.4, 0.5) is 0 Å². The van der Waals surface area contributed by atoms with Gasteiger partial charge >= 0.3 is 11.9 Å². The molecule has 0 aromatic heterocycles. The Kier molecular flexibility index (Phi) is 14.0. The molecule has 0 heterocycles. The first-order valence-electron chi connectivity index (χ1n) is 16.0. The third-order valence-corrected chi connectivity index (χ3v) is 7.91. The van der Waals surface area contributed by atoms with Gasteiger partial charge in [0.05, 0.1) is 12.8 Å². The smallest absolute Gasteiger partial charge is 0.308 e. The molecule has 3 rings (SSSR count). The van der Waals surface area contributed by atoms with E-state index >= 15 is 0 Å². The summed E-state index contributed by atoms with van der Waals surface area (Å²) < 4.78 is 13.2. The highest BCUT2D eigenvalue weighted by Gasteiger charge is 2.41. The summed E-state index contributed by atoms with van der Waals surface area (Å²) >= 11 is 0. The van der Waals surface area contributed by atoms with Gasteiger partial charge in [-0.25, -0.2) is 0 Å².